The molecule has 1 N–H and O–H groups in total. The van der Waals surface area contributed by atoms with Gasteiger partial charge in [0.1, 0.15) is 5.65 Å². The Kier molecular flexibility index (Phi) is 4.20. The number of hydrogen-bond donors (Lipinski definition) is 1. The molecule has 0 aromatic carbocycles. The van der Waals surface area contributed by atoms with Crippen molar-refractivity contribution in [3.63, 3.8) is 0 Å². The smallest absolute Gasteiger partial charge is 0.191 e. The summed E-state index contributed by atoms with van der Waals surface area (Å²) in [6, 6.07) is 3.52. The Bertz CT molecular complexity index is 675. The van der Waals surface area contributed by atoms with Gasteiger partial charge in [-0.3, -0.25) is 4.79 Å². The van der Waals surface area contributed by atoms with Gasteiger partial charge in [0.15, 0.2) is 5.43 Å². The Balaban J connectivity index is 1.80. The number of nitrogens with one attached hydrogen (secondary N) is 1. The highest BCUT2D eigenvalue weighted by molar-refractivity contribution is 5.78. The molecule has 1 fully saturated rings. The monoisotopic (exact) mass is 287 g/mol. The Morgan fingerprint density at radius 1 is 1.43 bits per heavy atom. The zero-order valence-corrected chi connectivity index (χ0v) is 12.3. The minimum atomic E-state index is 0.0249. The summed E-state index contributed by atoms with van der Waals surface area (Å²) in [5, 5.41) is 4.08. The minimum absolute atomic E-state index is 0.0249. The molecular weight excluding hydrogens is 266 g/mol. The Morgan fingerprint density at radius 2 is 2.24 bits per heavy atom. The van der Waals surface area contributed by atoms with E-state index in [1.165, 1.54) is 0 Å². The van der Waals surface area contributed by atoms with E-state index in [1.807, 2.05) is 23.8 Å². The topological polar surface area (TPSA) is 56.2 Å². The largest absolute Gasteiger partial charge is 0.383 e. The third-order valence-corrected chi connectivity index (χ3v) is 4.09. The van der Waals surface area contributed by atoms with Crippen LogP contribution in [-0.4, -0.2) is 29.3 Å². The quantitative estimate of drug-likeness (QED) is 0.937. The van der Waals surface area contributed by atoms with E-state index in [4.69, 9.17) is 4.74 Å². The number of nitrogens with zero attached hydrogens (tertiary/aromatic N) is 2. The molecule has 0 aliphatic carbocycles. The van der Waals surface area contributed by atoms with Gasteiger partial charge in [-0.05, 0) is 31.7 Å². The van der Waals surface area contributed by atoms with Crippen LogP contribution in [0.3, 0.4) is 0 Å². The van der Waals surface area contributed by atoms with E-state index in [1.54, 1.807) is 12.3 Å². The molecular formula is C16H21N3O2. The number of anilines is 1. The van der Waals surface area contributed by atoms with Crippen LogP contribution in [0.1, 0.15) is 19.8 Å². The third-order valence-electron chi connectivity index (χ3n) is 4.09. The van der Waals surface area contributed by atoms with Crippen LogP contribution in [-0.2, 0) is 11.3 Å². The molecule has 0 amide bonds. The zero-order valence-electron chi connectivity index (χ0n) is 12.3. The summed E-state index contributed by atoms with van der Waals surface area (Å²) in [4.78, 5) is 16.5. The van der Waals surface area contributed by atoms with E-state index >= 15 is 0 Å². The van der Waals surface area contributed by atoms with Crippen LogP contribution >= 0.6 is 0 Å². The van der Waals surface area contributed by atoms with E-state index in [-0.39, 0.29) is 5.43 Å². The van der Waals surface area contributed by atoms with E-state index < -0.39 is 0 Å². The van der Waals surface area contributed by atoms with Crippen molar-refractivity contribution in [2.45, 2.75) is 26.3 Å². The lowest BCUT2D eigenvalue weighted by atomic mass is 10.0. The fourth-order valence-corrected chi connectivity index (χ4v) is 2.75. The van der Waals surface area contributed by atoms with Crippen molar-refractivity contribution in [3.8, 4) is 0 Å². The van der Waals surface area contributed by atoms with Crippen molar-refractivity contribution < 1.29 is 4.74 Å². The van der Waals surface area contributed by atoms with Gasteiger partial charge in [0, 0.05) is 38.6 Å². The first-order chi connectivity index (χ1) is 10.3. The van der Waals surface area contributed by atoms with Gasteiger partial charge >= 0.3 is 0 Å². The van der Waals surface area contributed by atoms with Crippen molar-refractivity contribution in [2.24, 2.45) is 5.92 Å². The number of ether oxygens (including phenoxy) is 1. The molecule has 5 nitrogen and oxygen atoms in total. The molecule has 5 heteroatoms. The van der Waals surface area contributed by atoms with Gasteiger partial charge in [0.25, 0.3) is 0 Å². The first-order valence-corrected chi connectivity index (χ1v) is 7.58. The second-order valence-electron chi connectivity index (χ2n) is 5.50. The first kappa shape index (κ1) is 14.1. The summed E-state index contributed by atoms with van der Waals surface area (Å²) < 4.78 is 7.35. The lowest BCUT2D eigenvalue weighted by molar-refractivity contribution is 0.0699. The normalized spacial score (nSPS) is 16.2. The molecule has 0 unspecified atom stereocenters. The van der Waals surface area contributed by atoms with Gasteiger partial charge in [-0.1, -0.05) is 0 Å². The van der Waals surface area contributed by atoms with Crippen LogP contribution < -0.4 is 10.7 Å². The van der Waals surface area contributed by atoms with Gasteiger partial charge in [-0.15, -0.1) is 0 Å². The molecule has 0 saturated carbocycles. The zero-order chi connectivity index (χ0) is 14.7. The summed E-state index contributed by atoms with van der Waals surface area (Å²) in [5.41, 5.74) is 1.69. The number of aryl methyl sites for hydroxylation is 1. The van der Waals surface area contributed by atoms with Crippen LogP contribution in [0.4, 0.5) is 5.69 Å². The Labute approximate surface area is 124 Å². The predicted octanol–water partition coefficient (Wildman–Crippen LogP) is 2.25. The van der Waals surface area contributed by atoms with E-state index in [0.717, 1.165) is 50.5 Å². The highest BCUT2D eigenvalue weighted by atomic mass is 16.5. The van der Waals surface area contributed by atoms with Crippen molar-refractivity contribution in [2.75, 3.05) is 25.1 Å². The van der Waals surface area contributed by atoms with E-state index in [0.29, 0.717) is 11.3 Å². The summed E-state index contributed by atoms with van der Waals surface area (Å²) in [6.45, 7) is 5.46. The maximum Gasteiger partial charge on any atom is 0.191 e. The molecule has 3 rings (SSSR count). The van der Waals surface area contributed by atoms with Crippen molar-refractivity contribution >= 4 is 16.7 Å². The average molecular weight is 287 g/mol. The molecule has 1 aliphatic rings. The molecule has 1 aliphatic heterocycles. The number of rotatable bonds is 4. The SMILES string of the molecule is CCn1ccc(=O)c2cc(NCC3CCOCC3)cnc21. The summed E-state index contributed by atoms with van der Waals surface area (Å²) >= 11 is 0. The summed E-state index contributed by atoms with van der Waals surface area (Å²) in [5.74, 6) is 0.637. The lowest BCUT2D eigenvalue weighted by Gasteiger charge is -2.22. The van der Waals surface area contributed by atoms with E-state index in [2.05, 4.69) is 10.3 Å². The predicted molar refractivity (Wildman–Crippen MR) is 83.7 cm³/mol. The van der Waals surface area contributed by atoms with Gasteiger partial charge in [-0.25, -0.2) is 4.98 Å². The van der Waals surface area contributed by atoms with Gasteiger partial charge < -0.3 is 14.6 Å². The van der Waals surface area contributed by atoms with Crippen molar-refractivity contribution in [3.05, 3.63) is 34.7 Å². The number of pyridine rings is 2. The highest BCUT2D eigenvalue weighted by Gasteiger charge is 2.13. The molecule has 2 aromatic heterocycles. The van der Waals surface area contributed by atoms with Crippen LogP contribution in [0.2, 0.25) is 0 Å². The van der Waals surface area contributed by atoms with Crippen molar-refractivity contribution in [1.29, 1.82) is 0 Å². The van der Waals surface area contributed by atoms with Crippen LogP contribution in [0, 0.1) is 5.92 Å². The molecule has 0 atom stereocenters. The standard InChI is InChI=1S/C16H21N3O2/c1-2-19-6-3-15(20)14-9-13(11-18-16(14)19)17-10-12-4-7-21-8-5-12/h3,6,9,11-12,17H,2,4-5,7-8,10H2,1H3. The third kappa shape index (κ3) is 3.08. The van der Waals surface area contributed by atoms with Gasteiger partial charge in [0.05, 0.1) is 17.3 Å². The fraction of sp³-hybridized carbons (Fsp3) is 0.500. The van der Waals surface area contributed by atoms with Crippen LogP contribution in [0.5, 0.6) is 0 Å². The molecule has 0 bridgehead atoms. The van der Waals surface area contributed by atoms with Crippen molar-refractivity contribution in [1.82, 2.24) is 9.55 Å². The Morgan fingerprint density at radius 3 is 3.00 bits per heavy atom. The maximum atomic E-state index is 12.0. The van der Waals surface area contributed by atoms with Crippen LogP contribution in [0.15, 0.2) is 29.3 Å². The van der Waals surface area contributed by atoms with Gasteiger partial charge in [-0.2, -0.15) is 0 Å². The van der Waals surface area contributed by atoms with E-state index in [9.17, 15) is 4.79 Å². The first-order valence-electron chi connectivity index (χ1n) is 7.58. The van der Waals surface area contributed by atoms with Gasteiger partial charge in [0.2, 0.25) is 0 Å². The molecule has 3 heterocycles. The highest BCUT2D eigenvalue weighted by Crippen LogP contribution is 2.17. The molecule has 0 radical (unpaired) electrons. The molecule has 21 heavy (non-hydrogen) atoms. The second-order valence-corrected chi connectivity index (χ2v) is 5.50. The summed E-state index contributed by atoms with van der Waals surface area (Å²) in [7, 11) is 0. The number of aromatic nitrogens is 2. The fourth-order valence-electron chi connectivity index (χ4n) is 2.75. The van der Waals surface area contributed by atoms with Crippen LogP contribution in [0.25, 0.3) is 11.0 Å². The number of hydrogen-bond acceptors (Lipinski definition) is 4. The molecule has 0 spiro atoms. The number of fused-ring (bicyclic) bond motifs is 1. The Hall–Kier alpha value is -1.88. The molecule has 112 valence electrons. The molecule has 2 aromatic rings. The second kappa shape index (κ2) is 6.26. The summed E-state index contributed by atoms with van der Waals surface area (Å²) in [6.07, 6.45) is 5.80. The molecule has 1 saturated heterocycles. The maximum absolute atomic E-state index is 12.0. The lowest BCUT2D eigenvalue weighted by Crippen LogP contribution is -2.22. The average Bonchev–Trinajstić information content (AvgIpc) is 2.54. The minimum Gasteiger partial charge on any atom is -0.383 e.